The molecule has 0 fully saturated rings. The monoisotopic (exact) mass is 1350 g/mol. The summed E-state index contributed by atoms with van der Waals surface area (Å²) in [5, 5.41) is 15.8. The van der Waals surface area contributed by atoms with Gasteiger partial charge in [0.15, 0.2) is 0 Å². The predicted octanol–water partition coefficient (Wildman–Crippen LogP) is 7.80. The first-order valence-electron chi connectivity index (χ1n) is 21.6. The molecule has 390 valence electrons. The Kier molecular flexibility index (Phi) is 71.9. The average Bonchev–Trinajstić information content (AvgIpc) is 3.24. The van der Waals surface area contributed by atoms with Crippen LogP contribution in [0.25, 0.3) is 0 Å². The molecule has 0 aromatic rings. The molecule has 0 aliphatic carbocycles. The van der Waals surface area contributed by atoms with Gasteiger partial charge in [-0.1, -0.05) is 84.2 Å². The second kappa shape index (κ2) is 60.2. The topological polar surface area (TPSA) is 190 Å². The number of halogens is 4. The molecule has 0 radical (unpaired) electrons. The summed E-state index contributed by atoms with van der Waals surface area (Å²) in [5.74, 6) is -1.04. The van der Waals surface area contributed by atoms with Crippen LogP contribution in [-0.4, -0.2) is 136 Å². The summed E-state index contributed by atoms with van der Waals surface area (Å²) in [7, 11) is 0. The van der Waals surface area contributed by atoms with E-state index in [2.05, 4.69) is 93.3 Å². The first kappa shape index (κ1) is 80.0. The largest absolute Gasteiger partial charge is 1.00 e. The number of aliphatic hydroxyl groups is 2. The molecule has 0 aliphatic heterocycles. The number of thiocarbonyl (C=S) groups is 3. The Balaban J connectivity index is -0.000000202. The molecule has 0 saturated heterocycles. The SMILES string of the molecule is CC(Br)C(=O)Br.CC(Br)C(=O)OCCCCCCOC(=O)C(C)Br.CCOC(=S)SC(C)C(=O)OCCCCCCOC(=O)C(C)SC(=S)OCC.CCOC(=S)[S-].OCCCCCCO.[K+]. The molecule has 25 heteroatoms. The molecule has 0 bridgehead atoms. The number of hydrogen-bond donors (Lipinski definition) is 2. The van der Waals surface area contributed by atoms with Crippen LogP contribution >= 0.6 is 124 Å². The van der Waals surface area contributed by atoms with E-state index in [4.69, 9.17) is 63.1 Å². The smallest absolute Gasteiger partial charge is 0.514 e. The molecule has 2 N–H and O–H groups in total. The molecule has 0 aromatic carbocycles. The number of rotatable bonds is 29. The first-order valence-corrected chi connectivity index (χ1v) is 28.5. The van der Waals surface area contributed by atoms with Crippen LogP contribution in [0.1, 0.15) is 132 Å². The van der Waals surface area contributed by atoms with Crippen LogP contribution in [0.5, 0.6) is 0 Å². The summed E-state index contributed by atoms with van der Waals surface area (Å²) in [6, 6.07) is 0. The molecule has 0 rings (SSSR count). The predicted molar refractivity (Wildman–Crippen MR) is 297 cm³/mol. The van der Waals surface area contributed by atoms with Crippen LogP contribution in [0.3, 0.4) is 0 Å². The van der Waals surface area contributed by atoms with Gasteiger partial charge < -0.3 is 68.2 Å². The quantitative estimate of drug-likeness (QED) is 0.0108. The molecule has 5 unspecified atom stereocenters. The second-order valence-electron chi connectivity index (χ2n) is 13.1. The van der Waals surface area contributed by atoms with E-state index < -0.39 is 0 Å². The van der Waals surface area contributed by atoms with Gasteiger partial charge in [-0.2, -0.15) is 0 Å². The number of esters is 4. The van der Waals surface area contributed by atoms with Gasteiger partial charge in [-0.3, -0.25) is 24.0 Å². The molecule has 5 atom stereocenters. The molecular formula is C42H73Br4KO14S6. The summed E-state index contributed by atoms with van der Waals surface area (Å²) in [6.45, 7) is 18.0. The molecule has 67 heavy (non-hydrogen) atoms. The number of carbonyl (C=O) groups is 5. The van der Waals surface area contributed by atoms with E-state index in [1.807, 2.05) is 20.8 Å². The van der Waals surface area contributed by atoms with Gasteiger partial charge in [0.25, 0.3) is 0 Å². The number of unbranched alkanes of at least 4 members (excludes halogenated alkanes) is 9. The third-order valence-corrected chi connectivity index (χ3v) is 12.3. The number of thioether (sulfide) groups is 2. The number of aliphatic hydroxyl groups excluding tert-OH is 2. The maximum Gasteiger partial charge on any atom is 1.00 e. The maximum atomic E-state index is 11.8. The fourth-order valence-electron chi connectivity index (χ4n) is 3.65. The van der Waals surface area contributed by atoms with Crippen molar-refractivity contribution in [2.24, 2.45) is 0 Å². The molecule has 0 heterocycles. The Labute approximate surface area is 507 Å². The Morgan fingerprint density at radius 1 is 0.478 bits per heavy atom. The van der Waals surface area contributed by atoms with Crippen molar-refractivity contribution in [1.82, 2.24) is 0 Å². The van der Waals surface area contributed by atoms with E-state index in [1.165, 1.54) is 23.5 Å². The fourth-order valence-corrected chi connectivity index (χ4v) is 6.53. The minimum atomic E-state index is -0.381. The van der Waals surface area contributed by atoms with Gasteiger partial charge in [-0.15, -0.1) is 0 Å². The van der Waals surface area contributed by atoms with Crippen molar-refractivity contribution >= 4 is 178 Å². The van der Waals surface area contributed by atoms with Crippen molar-refractivity contribution in [2.45, 2.75) is 157 Å². The van der Waals surface area contributed by atoms with Crippen LogP contribution in [0, 0.1) is 0 Å². The van der Waals surface area contributed by atoms with Crippen molar-refractivity contribution in [3.63, 3.8) is 0 Å². The third kappa shape index (κ3) is 67.6. The average molecular weight is 1350 g/mol. The van der Waals surface area contributed by atoms with Crippen LogP contribution in [0.2, 0.25) is 0 Å². The van der Waals surface area contributed by atoms with Crippen molar-refractivity contribution in [3.05, 3.63) is 0 Å². The van der Waals surface area contributed by atoms with E-state index in [1.54, 1.807) is 34.6 Å². The minimum absolute atomic E-state index is 0. The third-order valence-electron chi connectivity index (χ3n) is 7.08. The molecule has 0 saturated carbocycles. The van der Waals surface area contributed by atoms with Crippen molar-refractivity contribution < 1.29 is 119 Å². The summed E-state index contributed by atoms with van der Waals surface area (Å²) in [6.07, 6.45) is 10.8. The Morgan fingerprint density at radius 2 is 0.731 bits per heavy atom. The zero-order valence-electron chi connectivity index (χ0n) is 40.5. The van der Waals surface area contributed by atoms with E-state index >= 15 is 0 Å². The Morgan fingerprint density at radius 3 is 0.925 bits per heavy atom. The van der Waals surface area contributed by atoms with Crippen LogP contribution in [0.4, 0.5) is 0 Å². The Hall–Kier alpha value is 1.62. The van der Waals surface area contributed by atoms with E-state index in [0.717, 1.165) is 77.0 Å². The van der Waals surface area contributed by atoms with Crippen molar-refractivity contribution in [1.29, 1.82) is 0 Å². The van der Waals surface area contributed by atoms with Gasteiger partial charge in [0.1, 0.15) is 20.2 Å². The summed E-state index contributed by atoms with van der Waals surface area (Å²) >= 11 is 33.2. The normalized spacial score (nSPS) is 12.0. The van der Waals surface area contributed by atoms with Gasteiger partial charge in [0, 0.05) is 17.6 Å². The summed E-state index contributed by atoms with van der Waals surface area (Å²) < 4.78 is 36.2. The molecule has 0 aromatic heterocycles. The van der Waals surface area contributed by atoms with Crippen molar-refractivity contribution in [2.75, 3.05) is 59.5 Å². The van der Waals surface area contributed by atoms with Gasteiger partial charge in [-0.05, 0) is 160 Å². The van der Waals surface area contributed by atoms with Crippen LogP contribution in [-0.2, 0) is 69.8 Å². The summed E-state index contributed by atoms with van der Waals surface area (Å²) in [5.41, 5.74) is 0. The first-order chi connectivity index (χ1) is 31.1. The fraction of sp³-hybridized carbons (Fsp3) is 0.810. The number of ether oxygens (including phenoxy) is 7. The van der Waals surface area contributed by atoms with Gasteiger partial charge in [-0.25, -0.2) is 0 Å². The molecule has 14 nitrogen and oxygen atoms in total. The number of alkyl halides is 3. The van der Waals surface area contributed by atoms with Crippen LogP contribution in [0.15, 0.2) is 0 Å². The zero-order chi connectivity index (χ0) is 51.7. The maximum absolute atomic E-state index is 11.8. The van der Waals surface area contributed by atoms with Gasteiger partial charge in [0.05, 0.1) is 51.1 Å². The van der Waals surface area contributed by atoms with Gasteiger partial charge in [0.2, 0.25) is 13.5 Å². The zero-order valence-corrected chi connectivity index (χ0v) is 54.9. The van der Waals surface area contributed by atoms with E-state index in [0.29, 0.717) is 55.0 Å². The Bertz CT molecular complexity index is 1210. The summed E-state index contributed by atoms with van der Waals surface area (Å²) in [4.78, 5) is 55.3. The molecule has 0 aliphatic rings. The van der Waals surface area contributed by atoms with Crippen LogP contribution < -0.4 is 51.4 Å². The molecule has 0 spiro atoms. The van der Waals surface area contributed by atoms with Crippen molar-refractivity contribution in [3.8, 4) is 0 Å². The standard InChI is InChI=1S/C18H30O6S4.C12H20Br2O4.C6H14O2.C3H4Br2O.C3H6OS2.K/c1-5-21-17(25)27-13(3)15(19)23-11-9-7-8-10-12-24-16(20)14(4)28-18(26)22-6-2;1-9(13)11(15)17-7-5-3-4-6-8-18-12(16)10(2)14;7-5-3-1-2-4-6-8;1-2(4)3(5)6;1-2-4-3(5)6;/h13-14H,5-12H2,1-4H3;9-10H,3-8H2,1-2H3;7-8H,1-6H2;2H,1H3;2H2,1H3,(H,5,6);/q;;;;;+1/p-1. The second-order valence-corrected chi connectivity index (χ2v) is 22.9. The number of hydrogen-bond acceptors (Lipinski definition) is 20. The minimum Gasteiger partial charge on any atom is -0.514 e. The van der Waals surface area contributed by atoms with E-state index in [9.17, 15) is 24.0 Å². The van der Waals surface area contributed by atoms with Gasteiger partial charge >= 0.3 is 75.3 Å². The molecular weight excluding hydrogens is 1280 g/mol. The van der Waals surface area contributed by atoms with E-state index in [-0.39, 0.29) is 123 Å². The molecule has 0 amide bonds. The number of carbonyl (C=O) groups excluding carboxylic acids is 5.